The minimum Gasteiger partial charge on any atom is -0.462 e. The van der Waals surface area contributed by atoms with E-state index in [1.54, 1.807) is 0 Å². The summed E-state index contributed by atoms with van der Waals surface area (Å²) in [5, 5.41) is 0. The van der Waals surface area contributed by atoms with Crippen molar-refractivity contribution in [1.82, 2.24) is 0 Å². The normalized spacial score (nSPS) is 38.7. The largest absolute Gasteiger partial charge is 0.462 e. The zero-order chi connectivity index (χ0) is 15.3. The first-order valence-electron chi connectivity index (χ1n) is 7.66. The predicted octanol–water partition coefficient (Wildman–Crippen LogP) is 2.78. The van der Waals surface area contributed by atoms with E-state index in [9.17, 15) is 9.59 Å². The van der Waals surface area contributed by atoms with Crippen molar-refractivity contribution in [2.45, 2.75) is 52.2 Å². The second-order valence-electron chi connectivity index (χ2n) is 6.62. The lowest BCUT2D eigenvalue weighted by molar-refractivity contribution is -0.149. The van der Waals surface area contributed by atoms with Gasteiger partial charge in [-0.3, -0.25) is 4.79 Å². The van der Waals surface area contributed by atoms with Crippen LogP contribution >= 0.6 is 0 Å². The van der Waals surface area contributed by atoms with Gasteiger partial charge < -0.3 is 9.47 Å². The molecule has 3 rings (SSSR count). The fraction of sp³-hybridized carbons (Fsp3) is 0.647. The number of carbonyl (C=O) groups is 2. The van der Waals surface area contributed by atoms with Crippen LogP contribution < -0.4 is 0 Å². The third-order valence-electron chi connectivity index (χ3n) is 5.26. The van der Waals surface area contributed by atoms with Gasteiger partial charge in [0.05, 0.1) is 5.92 Å². The molecule has 1 aliphatic heterocycles. The van der Waals surface area contributed by atoms with Crippen LogP contribution in [0.2, 0.25) is 0 Å². The van der Waals surface area contributed by atoms with E-state index in [0.717, 1.165) is 19.3 Å². The van der Waals surface area contributed by atoms with Gasteiger partial charge in [-0.2, -0.15) is 0 Å². The Bertz CT molecular complexity index is 545. The van der Waals surface area contributed by atoms with E-state index in [0.29, 0.717) is 17.4 Å². The number of fused-ring (bicyclic) bond motifs is 3. The Labute approximate surface area is 125 Å². The summed E-state index contributed by atoms with van der Waals surface area (Å²) in [6.07, 6.45) is 2.33. The summed E-state index contributed by atoms with van der Waals surface area (Å²) >= 11 is 0. The van der Waals surface area contributed by atoms with Crippen molar-refractivity contribution < 1.29 is 19.1 Å². The van der Waals surface area contributed by atoms with E-state index >= 15 is 0 Å². The molecule has 0 spiro atoms. The molecule has 4 heteroatoms. The first-order valence-corrected chi connectivity index (χ1v) is 7.66. The maximum Gasteiger partial charge on any atom is 0.334 e. The maximum absolute atomic E-state index is 12.0. The molecule has 1 saturated carbocycles. The lowest BCUT2D eigenvalue weighted by Gasteiger charge is -2.25. The summed E-state index contributed by atoms with van der Waals surface area (Å²) in [4.78, 5) is 23.4. The van der Waals surface area contributed by atoms with Gasteiger partial charge in [-0.15, -0.1) is 0 Å². The van der Waals surface area contributed by atoms with Crippen molar-refractivity contribution in [1.29, 1.82) is 0 Å². The average molecular weight is 290 g/mol. The van der Waals surface area contributed by atoms with Crippen LogP contribution in [0.15, 0.2) is 23.3 Å². The highest BCUT2D eigenvalue weighted by Crippen LogP contribution is 2.50. The zero-order valence-corrected chi connectivity index (χ0v) is 12.8. The van der Waals surface area contributed by atoms with E-state index in [-0.39, 0.29) is 30.1 Å². The number of carbonyl (C=O) groups excluding carboxylic acids is 2. The molecule has 2 aliphatic carbocycles. The molecule has 0 amide bonds. The molecule has 0 aromatic rings. The molecule has 5 atom stereocenters. The Morgan fingerprint density at radius 1 is 1.43 bits per heavy atom. The Morgan fingerprint density at radius 3 is 2.81 bits per heavy atom. The summed E-state index contributed by atoms with van der Waals surface area (Å²) in [6, 6.07) is 0. The molecule has 21 heavy (non-hydrogen) atoms. The van der Waals surface area contributed by atoms with Gasteiger partial charge in [-0.05, 0) is 43.6 Å². The highest BCUT2D eigenvalue weighted by molar-refractivity contribution is 5.91. The van der Waals surface area contributed by atoms with Crippen LogP contribution in [0.25, 0.3) is 0 Å². The topological polar surface area (TPSA) is 52.6 Å². The third kappa shape index (κ3) is 2.21. The van der Waals surface area contributed by atoms with Gasteiger partial charge in [0, 0.05) is 12.5 Å². The molecule has 0 radical (unpaired) electrons. The number of esters is 2. The Kier molecular flexibility index (Phi) is 3.42. The summed E-state index contributed by atoms with van der Waals surface area (Å²) in [5.41, 5.74) is 3.04. The summed E-state index contributed by atoms with van der Waals surface area (Å²) in [5.74, 6) is -0.0360. The minimum atomic E-state index is -0.345. The van der Waals surface area contributed by atoms with Crippen LogP contribution in [0.1, 0.15) is 40.0 Å². The summed E-state index contributed by atoms with van der Waals surface area (Å²) in [6.45, 7) is 9.63. The molecule has 1 heterocycles. The zero-order valence-electron chi connectivity index (χ0n) is 12.8. The van der Waals surface area contributed by atoms with E-state index in [4.69, 9.17) is 9.47 Å². The molecule has 0 bridgehead atoms. The molecule has 1 saturated heterocycles. The fourth-order valence-electron chi connectivity index (χ4n) is 4.30. The molecule has 4 nitrogen and oxygen atoms in total. The quantitative estimate of drug-likeness (QED) is 0.423. The molecule has 0 aromatic heterocycles. The number of allylic oxidation sites excluding steroid dienone is 1. The molecule has 3 aliphatic rings. The lowest BCUT2D eigenvalue weighted by atomic mass is 9.85. The Balaban J connectivity index is 2.04. The van der Waals surface area contributed by atoms with Gasteiger partial charge in [-0.25, -0.2) is 4.79 Å². The smallest absolute Gasteiger partial charge is 0.334 e. The molecule has 0 N–H and O–H groups in total. The van der Waals surface area contributed by atoms with E-state index < -0.39 is 0 Å². The second-order valence-corrected chi connectivity index (χ2v) is 6.62. The number of hydrogen-bond acceptors (Lipinski definition) is 4. The molecular formula is C17H22O4. The van der Waals surface area contributed by atoms with Crippen LogP contribution in [0.3, 0.4) is 0 Å². The van der Waals surface area contributed by atoms with Gasteiger partial charge in [0.25, 0.3) is 0 Å². The Hall–Kier alpha value is -1.58. The third-order valence-corrected chi connectivity index (χ3v) is 5.26. The van der Waals surface area contributed by atoms with Crippen LogP contribution in [0.4, 0.5) is 0 Å². The van der Waals surface area contributed by atoms with Crippen molar-refractivity contribution >= 4 is 11.9 Å². The van der Waals surface area contributed by atoms with Crippen LogP contribution in [-0.2, 0) is 19.1 Å². The minimum absolute atomic E-state index is 0.225. The van der Waals surface area contributed by atoms with Crippen molar-refractivity contribution in [3.8, 4) is 0 Å². The molecular weight excluding hydrogens is 268 g/mol. The van der Waals surface area contributed by atoms with E-state index in [1.165, 1.54) is 18.1 Å². The maximum atomic E-state index is 12.0. The highest BCUT2D eigenvalue weighted by atomic mass is 16.6. The SMILES string of the molecule is C=C1C(=O)OC2C3=C(C)CCC3C(C)CC(OC(C)=O)C12. The summed E-state index contributed by atoms with van der Waals surface area (Å²) < 4.78 is 11.1. The van der Waals surface area contributed by atoms with E-state index in [2.05, 4.69) is 20.4 Å². The highest BCUT2D eigenvalue weighted by Gasteiger charge is 2.52. The van der Waals surface area contributed by atoms with Crippen molar-refractivity contribution in [3.63, 3.8) is 0 Å². The van der Waals surface area contributed by atoms with Crippen LogP contribution in [0.5, 0.6) is 0 Å². The van der Waals surface area contributed by atoms with Crippen LogP contribution in [-0.4, -0.2) is 24.1 Å². The number of rotatable bonds is 1. The molecule has 5 unspecified atom stereocenters. The predicted molar refractivity (Wildman–Crippen MR) is 77.3 cm³/mol. The van der Waals surface area contributed by atoms with E-state index in [1.807, 2.05) is 0 Å². The number of hydrogen-bond donors (Lipinski definition) is 0. The summed E-state index contributed by atoms with van der Waals surface area (Å²) in [7, 11) is 0. The van der Waals surface area contributed by atoms with Gasteiger partial charge in [-0.1, -0.05) is 19.1 Å². The van der Waals surface area contributed by atoms with Gasteiger partial charge in [0.2, 0.25) is 0 Å². The Morgan fingerprint density at radius 2 is 2.14 bits per heavy atom. The fourth-order valence-corrected chi connectivity index (χ4v) is 4.30. The average Bonchev–Trinajstić information content (AvgIpc) is 2.86. The van der Waals surface area contributed by atoms with Gasteiger partial charge in [0.15, 0.2) is 0 Å². The first-order chi connectivity index (χ1) is 9.90. The van der Waals surface area contributed by atoms with Gasteiger partial charge in [0.1, 0.15) is 12.2 Å². The van der Waals surface area contributed by atoms with Crippen molar-refractivity contribution in [2.75, 3.05) is 0 Å². The first kappa shape index (κ1) is 14.4. The van der Waals surface area contributed by atoms with Gasteiger partial charge >= 0.3 is 11.9 Å². The monoisotopic (exact) mass is 290 g/mol. The molecule has 2 fully saturated rings. The molecule has 114 valence electrons. The standard InChI is InChI=1S/C17H22O4/c1-8-5-6-12-9(2)7-13(20-11(4)18)15-10(3)17(19)21-16(15)14(8)12/h9,12-13,15-16H,3,5-7H2,1-2,4H3. The van der Waals surface area contributed by atoms with Crippen molar-refractivity contribution in [3.05, 3.63) is 23.3 Å². The molecule has 0 aromatic carbocycles. The van der Waals surface area contributed by atoms with Crippen LogP contribution in [0, 0.1) is 17.8 Å². The lowest BCUT2D eigenvalue weighted by Crippen LogP contribution is -2.32. The van der Waals surface area contributed by atoms with Crippen molar-refractivity contribution in [2.24, 2.45) is 17.8 Å². The number of ether oxygens (including phenoxy) is 2. The second kappa shape index (κ2) is 5.00.